The van der Waals surface area contributed by atoms with Gasteiger partial charge in [-0.2, -0.15) is 0 Å². The molecule has 0 radical (unpaired) electrons. The summed E-state index contributed by atoms with van der Waals surface area (Å²) < 4.78 is 0. The molecule has 3 nitrogen and oxygen atoms in total. The van der Waals surface area contributed by atoms with Gasteiger partial charge in [0.15, 0.2) is 0 Å². The van der Waals surface area contributed by atoms with E-state index in [1.165, 1.54) is 33.4 Å². The van der Waals surface area contributed by atoms with E-state index in [0.717, 1.165) is 33.2 Å². The molecule has 0 spiro atoms. The molecule has 0 atom stereocenters. The first-order chi connectivity index (χ1) is 12.8. The second kappa shape index (κ2) is 6.34. The molecule has 27 heavy (non-hydrogen) atoms. The van der Waals surface area contributed by atoms with Crippen LogP contribution in [-0.4, -0.2) is 15.0 Å². The molecule has 3 heteroatoms. The second-order valence-corrected chi connectivity index (χ2v) is 7.76. The van der Waals surface area contributed by atoms with Crippen LogP contribution in [0.4, 0.5) is 0 Å². The van der Waals surface area contributed by atoms with Crippen LogP contribution in [-0.2, 0) is 0 Å². The fourth-order valence-electron chi connectivity index (χ4n) is 3.92. The number of fused-ring (bicyclic) bond motifs is 3. The predicted molar refractivity (Wildman–Crippen MR) is 115 cm³/mol. The molecule has 4 rings (SSSR count). The molecule has 136 valence electrons. The quantitative estimate of drug-likeness (QED) is 0.445. The van der Waals surface area contributed by atoms with Crippen molar-refractivity contribution in [2.75, 3.05) is 0 Å². The van der Waals surface area contributed by atoms with Crippen molar-refractivity contribution in [2.24, 2.45) is 0 Å². The molecule has 0 saturated heterocycles. The maximum atomic E-state index is 4.70. The van der Waals surface area contributed by atoms with E-state index in [0.29, 0.717) is 0 Å². The van der Waals surface area contributed by atoms with E-state index in [4.69, 9.17) is 4.98 Å². The molecule has 0 aliphatic heterocycles. The van der Waals surface area contributed by atoms with Crippen LogP contribution in [0.1, 0.15) is 43.0 Å². The second-order valence-electron chi connectivity index (χ2n) is 7.76. The standard InChI is InChI=1S/C24H25N3/c1-13(2)17(6)18-9-20-21-10-19(12-26-24(21)27-23(20)25-11-18)22-15(4)7-14(3)8-16(22)5/h7-12H,1-6H3,(H,25,26,27). The summed E-state index contributed by atoms with van der Waals surface area (Å²) in [5.41, 5.74) is 11.8. The van der Waals surface area contributed by atoms with Gasteiger partial charge in [0.2, 0.25) is 0 Å². The number of benzene rings is 1. The summed E-state index contributed by atoms with van der Waals surface area (Å²) in [4.78, 5) is 12.7. The summed E-state index contributed by atoms with van der Waals surface area (Å²) in [6.45, 7) is 12.9. The molecule has 3 heterocycles. The fourth-order valence-corrected chi connectivity index (χ4v) is 3.92. The van der Waals surface area contributed by atoms with Gasteiger partial charge in [-0.15, -0.1) is 0 Å². The maximum Gasteiger partial charge on any atom is 0.139 e. The summed E-state index contributed by atoms with van der Waals surface area (Å²) in [5, 5.41) is 2.25. The number of hydrogen-bond donors (Lipinski definition) is 1. The first kappa shape index (κ1) is 17.5. The highest BCUT2D eigenvalue weighted by Gasteiger charge is 2.12. The highest BCUT2D eigenvalue weighted by Crippen LogP contribution is 2.33. The topological polar surface area (TPSA) is 41.6 Å². The Balaban J connectivity index is 1.98. The Morgan fingerprint density at radius 1 is 0.778 bits per heavy atom. The first-order valence-corrected chi connectivity index (χ1v) is 9.35. The zero-order valence-corrected chi connectivity index (χ0v) is 16.9. The summed E-state index contributed by atoms with van der Waals surface area (Å²) in [5.74, 6) is 0. The van der Waals surface area contributed by atoms with Gasteiger partial charge in [0.25, 0.3) is 0 Å². The average Bonchev–Trinajstić information content (AvgIpc) is 2.97. The highest BCUT2D eigenvalue weighted by molar-refractivity contribution is 6.06. The lowest BCUT2D eigenvalue weighted by atomic mass is 9.94. The Morgan fingerprint density at radius 2 is 1.37 bits per heavy atom. The number of aromatic amines is 1. The van der Waals surface area contributed by atoms with Gasteiger partial charge in [0.1, 0.15) is 11.3 Å². The number of aryl methyl sites for hydroxylation is 3. The van der Waals surface area contributed by atoms with E-state index in [1.54, 1.807) is 0 Å². The molecule has 1 aromatic carbocycles. The number of aromatic nitrogens is 3. The van der Waals surface area contributed by atoms with Crippen LogP contribution in [0.25, 0.3) is 38.8 Å². The molecule has 0 aliphatic rings. The minimum Gasteiger partial charge on any atom is -0.324 e. The molecule has 1 N–H and O–H groups in total. The third-order valence-electron chi connectivity index (χ3n) is 5.45. The largest absolute Gasteiger partial charge is 0.324 e. The van der Waals surface area contributed by atoms with Crippen LogP contribution in [0.15, 0.2) is 42.2 Å². The third kappa shape index (κ3) is 2.93. The van der Waals surface area contributed by atoms with E-state index in [2.05, 4.69) is 75.8 Å². The monoisotopic (exact) mass is 355 g/mol. The predicted octanol–water partition coefficient (Wildman–Crippen LogP) is 6.52. The maximum absolute atomic E-state index is 4.70. The number of hydrogen-bond acceptors (Lipinski definition) is 2. The van der Waals surface area contributed by atoms with Crippen molar-refractivity contribution in [2.45, 2.75) is 41.5 Å². The van der Waals surface area contributed by atoms with E-state index in [9.17, 15) is 0 Å². The number of nitrogens with one attached hydrogen (secondary N) is 1. The Kier molecular flexibility index (Phi) is 4.11. The number of H-pyrrole nitrogens is 1. The molecule has 4 aromatic rings. The zero-order chi connectivity index (χ0) is 19.3. The first-order valence-electron chi connectivity index (χ1n) is 9.35. The lowest BCUT2D eigenvalue weighted by Crippen LogP contribution is -1.91. The Morgan fingerprint density at radius 3 is 2.00 bits per heavy atom. The Hall–Kier alpha value is -2.94. The van der Waals surface area contributed by atoms with E-state index in [1.807, 2.05) is 12.4 Å². The normalized spacial score (nSPS) is 11.3. The molecule has 0 bridgehead atoms. The van der Waals surface area contributed by atoms with Gasteiger partial charge in [-0.05, 0) is 81.5 Å². The van der Waals surface area contributed by atoms with Gasteiger partial charge >= 0.3 is 0 Å². The smallest absolute Gasteiger partial charge is 0.139 e. The summed E-state index contributed by atoms with van der Waals surface area (Å²) >= 11 is 0. The van der Waals surface area contributed by atoms with Crippen molar-refractivity contribution < 1.29 is 0 Å². The SMILES string of the molecule is CC(C)=C(C)c1cnc2[nH]c3ncc(-c4c(C)cc(C)cc4C)cc3c2c1. The van der Waals surface area contributed by atoms with Gasteiger partial charge in [-0.1, -0.05) is 23.3 Å². The lowest BCUT2D eigenvalue weighted by Gasteiger charge is -2.11. The Labute approximate surface area is 160 Å². The molecule has 0 saturated carbocycles. The number of nitrogens with zero attached hydrogens (tertiary/aromatic N) is 2. The summed E-state index contributed by atoms with van der Waals surface area (Å²) in [7, 11) is 0. The van der Waals surface area contributed by atoms with Crippen molar-refractivity contribution in [3.63, 3.8) is 0 Å². The van der Waals surface area contributed by atoms with Crippen LogP contribution in [0.3, 0.4) is 0 Å². The number of allylic oxidation sites excluding steroid dienone is 2. The zero-order valence-electron chi connectivity index (χ0n) is 16.9. The summed E-state index contributed by atoms with van der Waals surface area (Å²) in [6.07, 6.45) is 3.90. The van der Waals surface area contributed by atoms with Crippen molar-refractivity contribution in [1.82, 2.24) is 15.0 Å². The molecular formula is C24H25N3. The van der Waals surface area contributed by atoms with Gasteiger partial charge in [-0.25, -0.2) is 9.97 Å². The van der Waals surface area contributed by atoms with Crippen LogP contribution < -0.4 is 0 Å². The third-order valence-corrected chi connectivity index (χ3v) is 5.45. The lowest BCUT2D eigenvalue weighted by molar-refractivity contribution is 1.27. The number of rotatable bonds is 2. The highest BCUT2D eigenvalue weighted by atomic mass is 14.9. The van der Waals surface area contributed by atoms with Gasteiger partial charge in [-0.3, -0.25) is 0 Å². The van der Waals surface area contributed by atoms with Gasteiger partial charge in [0, 0.05) is 28.7 Å². The Bertz CT molecular complexity index is 1200. The molecular weight excluding hydrogens is 330 g/mol. The van der Waals surface area contributed by atoms with Gasteiger partial charge < -0.3 is 4.98 Å². The molecule has 0 fully saturated rings. The van der Waals surface area contributed by atoms with E-state index in [-0.39, 0.29) is 0 Å². The van der Waals surface area contributed by atoms with E-state index >= 15 is 0 Å². The molecule has 3 aromatic heterocycles. The van der Waals surface area contributed by atoms with Crippen LogP contribution >= 0.6 is 0 Å². The van der Waals surface area contributed by atoms with Crippen molar-refractivity contribution in [3.8, 4) is 11.1 Å². The molecule has 0 amide bonds. The molecule has 0 unspecified atom stereocenters. The van der Waals surface area contributed by atoms with Crippen LogP contribution in [0.5, 0.6) is 0 Å². The molecule has 0 aliphatic carbocycles. The van der Waals surface area contributed by atoms with Crippen molar-refractivity contribution >= 4 is 27.6 Å². The average molecular weight is 355 g/mol. The van der Waals surface area contributed by atoms with Crippen LogP contribution in [0, 0.1) is 20.8 Å². The van der Waals surface area contributed by atoms with E-state index < -0.39 is 0 Å². The minimum absolute atomic E-state index is 0.885. The fraction of sp³-hybridized carbons (Fsp3) is 0.250. The van der Waals surface area contributed by atoms with Crippen molar-refractivity contribution in [3.05, 3.63) is 64.5 Å². The minimum atomic E-state index is 0.885. The number of pyridine rings is 2. The van der Waals surface area contributed by atoms with Gasteiger partial charge in [0.05, 0.1) is 0 Å². The van der Waals surface area contributed by atoms with Crippen molar-refractivity contribution in [1.29, 1.82) is 0 Å². The summed E-state index contributed by atoms with van der Waals surface area (Å²) in [6, 6.07) is 8.94. The van der Waals surface area contributed by atoms with Crippen LogP contribution in [0.2, 0.25) is 0 Å².